The summed E-state index contributed by atoms with van der Waals surface area (Å²) in [5, 5.41) is 4.36. The maximum atomic E-state index is 12.6. The number of thiophene rings is 1. The second-order valence-corrected chi connectivity index (χ2v) is 4.27. The summed E-state index contributed by atoms with van der Waals surface area (Å²) in [5.74, 6) is -0.495. The van der Waals surface area contributed by atoms with Crippen molar-refractivity contribution in [3.8, 4) is 5.75 Å². The smallest absolute Gasteiger partial charge is 0.409 e. The van der Waals surface area contributed by atoms with Crippen LogP contribution in [-0.4, -0.2) is 6.09 Å². The predicted octanol–water partition coefficient (Wildman–Crippen LogP) is 4.38. The van der Waals surface area contributed by atoms with Crippen molar-refractivity contribution in [3.63, 3.8) is 0 Å². The highest BCUT2D eigenvalue weighted by molar-refractivity contribution is 7.08. The second-order valence-electron chi connectivity index (χ2n) is 3.53. The molecule has 0 spiro atoms. The van der Waals surface area contributed by atoms with Gasteiger partial charge < -0.3 is 4.74 Å². The third-order valence-electron chi connectivity index (χ3n) is 2.15. The van der Waals surface area contributed by atoms with Crippen LogP contribution in [0.5, 0.6) is 5.75 Å². The summed E-state index contributed by atoms with van der Waals surface area (Å²) in [6.45, 7) is 0. The van der Waals surface area contributed by atoms with Crippen LogP contribution in [0.25, 0.3) is 0 Å². The second kappa shape index (κ2) is 5.31. The van der Waals surface area contributed by atoms with Gasteiger partial charge in [0.1, 0.15) is 5.56 Å². The van der Waals surface area contributed by atoms with Gasteiger partial charge in [0.05, 0.1) is 0 Å². The molecule has 0 aliphatic carbocycles. The summed E-state index contributed by atoms with van der Waals surface area (Å²) in [4.78, 5) is 11.5. The zero-order valence-corrected chi connectivity index (χ0v) is 10.2. The Morgan fingerprint density at radius 2 is 1.84 bits per heavy atom. The van der Waals surface area contributed by atoms with Crippen LogP contribution in [0.3, 0.4) is 0 Å². The minimum absolute atomic E-state index is 0.441. The van der Waals surface area contributed by atoms with Gasteiger partial charge in [0.15, 0.2) is 5.75 Å². The van der Waals surface area contributed by atoms with Gasteiger partial charge >= 0.3 is 12.3 Å². The number of carbonyl (C=O) groups is 1. The summed E-state index contributed by atoms with van der Waals surface area (Å²) < 4.78 is 42.3. The van der Waals surface area contributed by atoms with Gasteiger partial charge in [0, 0.05) is 16.4 Å². The molecule has 0 saturated heterocycles. The summed E-state index contributed by atoms with van der Waals surface area (Å²) in [6.07, 6.45) is -5.50. The Morgan fingerprint density at radius 3 is 2.47 bits per heavy atom. The van der Waals surface area contributed by atoms with Crippen molar-refractivity contribution in [3.05, 3.63) is 46.7 Å². The molecule has 19 heavy (non-hydrogen) atoms. The number of hydrogen-bond acceptors (Lipinski definition) is 3. The number of halogens is 3. The van der Waals surface area contributed by atoms with Gasteiger partial charge in [-0.05, 0) is 12.1 Å². The van der Waals surface area contributed by atoms with Crippen molar-refractivity contribution >= 4 is 23.1 Å². The number of ether oxygens (including phenoxy) is 1. The van der Waals surface area contributed by atoms with E-state index in [2.05, 4.69) is 10.1 Å². The zero-order valence-electron chi connectivity index (χ0n) is 9.40. The average molecular weight is 287 g/mol. The molecule has 1 heterocycles. The fourth-order valence-corrected chi connectivity index (χ4v) is 2.09. The molecule has 2 rings (SSSR count). The number of para-hydroxylation sites is 1. The highest BCUT2D eigenvalue weighted by Gasteiger charge is 2.35. The maximum absolute atomic E-state index is 12.6. The molecule has 1 aromatic heterocycles. The summed E-state index contributed by atoms with van der Waals surface area (Å²) >= 11 is 0.816. The monoisotopic (exact) mass is 287 g/mol. The minimum atomic E-state index is -4.54. The fourth-order valence-electron chi connectivity index (χ4n) is 1.34. The van der Waals surface area contributed by atoms with Gasteiger partial charge in [-0.2, -0.15) is 13.2 Å². The molecule has 0 aliphatic rings. The van der Waals surface area contributed by atoms with E-state index in [0.717, 1.165) is 22.1 Å². The Morgan fingerprint density at radius 1 is 1.16 bits per heavy atom. The van der Waals surface area contributed by atoms with Crippen molar-refractivity contribution < 1.29 is 22.7 Å². The molecule has 1 amide bonds. The largest absolute Gasteiger partial charge is 0.420 e. The topological polar surface area (TPSA) is 38.3 Å². The van der Waals surface area contributed by atoms with Crippen LogP contribution in [0.1, 0.15) is 5.56 Å². The highest BCUT2D eigenvalue weighted by Crippen LogP contribution is 2.38. The lowest BCUT2D eigenvalue weighted by Crippen LogP contribution is -2.18. The van der Waals surface area contributed by atoms with Gasteiger partial charge in [-0.1, -0.05) is 18.2 Å². The number of rotatable bonds is 2. The number of alkyl halides is 3. The highest BCUT2D eigenvalue weighted by atomic mass is 32.1. The van der Waals surface area contributed by atoms with E-state index in [1.165, 1.54) is 0 Å². The summed E-state index contributed by atoms with van der Waals surface area (Å²) in [7, 11) is 0. The van der Waals surface area contributed by atoms with E-state index in [-0.39, 0.29) is 0 Å². The van der Waals surface area contributed by atoms with E-state index >= 15 is 0 Å². The van der Waals surface area contributed by atoms with Crippen LogP contribution >= 0.6 is 11.3 Å². The predicted molar refractivity (Wildman–Crippen MR) is 65.4 cm³/mol. The van der Waals surface area contributed by atoms with Crippen molar-refractivity contribution in [2.75, 3.05) is 5.32 Å². The van der Waals surface area contributed by atoms with Crippen molar-refractivity contribution in [1.82, 2.24) is 0 Å². The Hall–Kier alpha value is -2.02. The third kappa shape index (κ3) is 3.47. The molecule has 0 saturated carbocycles. The molecule has 0 unspecified atom stereocenters. The molecular formula is C12H8F3NO2S. The molecule has 0 bridgehead atoms. The van der Waals surface area contributed by atoms with Crippen LogP contribution in [0.15, 0.2) is 41.1 Å². The zero-order chi connectivity index (χ0) is 13.9. The normalized spacial score (nSPS) is 11.1. The van der Waals surface area contributed by atoms with E-state index in [1.807, 2.05) is 0 Å². The van der Waals surface area contributed by atoms with Gasteiger partial charge in [0.25, 0.3) is 0 Å². The lowest BCUT2D eigenvalue weighted by molar-refractivity contribution is -0.138. The van der Waals surface area contributed by atoms with E-state index < -0.39 is 23.6 Å². The first-order valence-corrected chi connectivity index (χ1v) is 6.08. The number of hydrogen-bond donors (Lipinski definition) is 1. The quantitative estimate of drug-likeness (QED) is 0.890. The van der Waals surface area contributed by atoms with Crippen molar-refractivity contribution in [2.24, 2.45) is 0 Å². The fraction of sp³-hybridized carbons (Fsp3) is 0.0833. The van der Waals surface area contributed by atoms with Crippen LogP contribution in [0.4, 0.5) is 23.7 Å². The number of anilines is 1. The molecule has 0 radical (unpaired) electrons. The number of benzene rings is 1. The van der Waals surface area contributed by atoms with E-state index in [1.54, 1.807) is 30.3 Å². The molecule has 0 fully saturated rings. The first-order valence-electron chi connectivity index (χ1n) is 5.14. The minimum Gasteiger partial charge on any atom is -0.409 e. The molecule has 3 nitrogen and oxygen atoms in total. The van der Waals surface area contributed by atoms with Gasteiger partial charge in [-0.3, -0.25) is 5.32 Å². The maximum Gasteiger partial charge on any atom is 0.420 e. The van der Waals surface area contributed by atoms with Crippen LogP contribution < -0.4 is 10.1 Å². The molecule has 0 atom stereocenters. The number of carbonyl (C=O) groups excluding carboxylic acids is 1. The van der Waals surface area contributed by atoms with Gasteiger partial charge in [-0.25, -0.2) is 4.79 Å². The Kier molecular flexibility index (Phi) is 3.75. The molecule has 2 aromatic rings. The van der Waals surface area contributed by atoms with Crippen molar-refractivity contribution in [1.29, 1.82) is 0 Å². The number of amides is 1. The summed E-state index contributed by atoms with van der Waals surface area (Å²) in [6, 6.07) is 8.30. The van der Waals surface area contributed by atoms with Gasteiger partial charge in [0.2, 0.25) is 0 Å². The molecule has 100 valence electrons. The Balaban J connectivity index is 2.06. The molecule has 1 aromatic carbocycles. The SMILES string of the molecule is O=C(Nc1ccccc1)Oc1cscc1C(F)(F)F. The lowest BCUT2D eigenvalue weighted by atomic mass is 10.3. The van der Waals surface area contributed by atoms with Crippen LogP contribution in [0.2, 0.25) is 0 Å². The van der Waals surface area contributed by atoms with Gasteiger partial charge in [-0.15, -0.1) is 11.3 Å². The van der Waals surface area contributed by atoms with Crippen LogP contribution in [-0.2, 0) is 6.18 Å². The van der Waals surface area contributed by atoms with E-state index in [4.69, 9.17) is 0 Å². The van der Waals surface area contributed by atoms with E-state index in [9.17, 15) is 18.0 Å². The number of nitrogens with one attached hydrogen (secondary N) is 1. The Labute approximate surface area is 110 Å². The molecule has 0 aliphatic heterocycles. The standard InChI is InChI=1S/C12H8F3NO2S/c13-12(14,15)9-6-19-7-10(9)18-11(17)16-8-4-2-1-3-5-8/h1-7H,(H,16,17). The van der Waals surface area contributed by atoms with Crippen LogP contribution in [0, 0.1) is 0 Å². The Bertz CT molecular complexity index is 566. The average Bonchev–Trinajstić information content (AvgIpc) is 2.78. The first-order chi connectivity index (χ1) is 8.97. The van der Waals surface area contributed by atoms with Crippen molar-refractivity contribution in [2.45, 2.75) is 6.18 Å². The third-order valence-corrected chi connectivity index (χ3v) is 2.88. The molecular weight excluding hydrogens is 279 g/mol. The summed E-state index contributed by atoms with van der Waals surface area (Å²) in [5.41, 5.74) is -0.517. The molecule has 1 N–H and O–H groups in total. The first kappa shape index (κ1) is 13.4. The van der Waals surface area contributed by atoms with E-state index in [0.29, 0.717) is 5.69 Å². The molecule has 7 heteroatoms. The lowest BCUT2D eigenvalue weighted by Gasteiger charge is -2.09.